The highest BCUT2D eigenvalue weighted by atomic mass is 32.1. The van der Waals surface area contributed by atoms with Crippen LogP contribution in [0.25, 0.3) is 0 Å². The van der Waals surface area contributed by atoms with Crippen LogP contribution >= 0.6 is 11.3 Å². The van der Waals surface area contributed by atoms with Crippen LogP contribution in [0.5, 0.6) is 0 Å². The van der Waals surface area contributed by atoms with E-state index in [-0.39, 0.29) is 18.2 Å². The van der Waals surface area contributed by atoms with Crippen LogP contribution < -0.4 is 11.1 Å². The molecule has 1 rings (SSSR count). The Bertz CT molecular complexity index is 420. The molecule has 0 aliphatic rings. The Labute approximate surface area is 116 Å². The van der Waals surface area contributed by atoms with Gasteiger partial charge in [-0.15, -0.1) is 11.3 Å². The van der Waals surface area contributed by atoms with E-state index in [0.29, 0.717) is 0 Å². The number of nitrogens with one attached hydrogen (secondary N) is 1. The van der Waals surface area contributed by atoms with Gasteiger partial charge in [-0.2, -0.15) is 0 Å². The Morgan fingerprint density at radius 1 is 1.53 bits per heavy atom. The van der Waals surface area contributed by atoms with Gasteiger partial charge in [-0.05, 0) is 17.4 Å². The molecule has 6 heteroatoms. The van der Waals surface area contributed by atoms with Crippen LogP contribution in [-0.2, 0) is 9.59 Å². The van der Waals surface area contributed by atoms with Crippen molar-refractivity contribution in [1.29, 1.82) is 0 Å². The molecule has 0 radical (unpaired) electrons. The fourth-order valence-electron chi connectivity index (χ4n) is 1.67. The summed E-state index contributed by atoms with van der Waals surface area (Å²) >= 11 is 1.42. The van der Waals surface area contributed by atoms with Gasteiger partial charge in [0, 0.05) is 4.88 Å². The van der Waals surface area contributed by atoms with E-state index in [0.717, 1.165) is 11.3 Å². The summed E-state index contributed by atoms with van der Waals surface area (Å²) in [6.45, 7) is 3.87. The molecule has 1 aromatic heterocycles. The van der Waals surface area contributed by atoms with Gasteiger partial charge < -0.3 is 16.2 Å². The summed E-state index contributed by atoms with van der Waals surface area (Å²) in [7, 11) is 0. The minimum atomic E-state index is -0.948. The van der Waals surface area contributed by atoms with Crippen molar-refractivity contribution >= 4 is 23.2 Å². The number of carbonyl (C=O) groups excluding carboxylic acids is 1. The van der Waals surface area contributed by atoms with Crippen LogP contribution in [-0.4, -0.2) is 23.0 Å². The predicted molar refractivity (Wildman–Crippen MR) is 74.9 cm³/mol. The van der Waals surface area contributed by atoms with Crippen molar-refractivity contribution in [3.63, 3.8) is 0 Å². The SMILES string of the molecule is CCC(C)C(N)C(=O)NC(CC(=O)O)c1cccs1. The van der Waals surface area contributed by atoms with E-state index in [4.69, 9.17) is 10.8 Å². The summed E-state index contributed by atoms with van der Waals surface area (Å²) in [5.74, 6) is -1.18. The summed E-state index contributed by atoms with van der Waals surface area (Å²) < 4.78 is 0. The van der Waals surface area contributed by atoms with E-state index in [1.807, 2.05) is 31.4 Å². The van der Waals surface area contributed by atoms with E-state index in [2.05, 4.69) is 5.32 Å². The number of carboxylic acids is 1. The van der Waals surface area contributed by atoms with E-state index in [1.165, 1.54) is 11.3 Å². The molecule has 106 valence electrons. The number of rotatable bonds is 7. The molecule has 0 fully saturated rings. The van der Waals surface area contributed by atoms with Gasteiger partial charge in [-0.1, -0.05) is 26.3 Å². The quantitative estimate of drug-likeness (QED) is 0.711. The average molecular weight is 284 g/mol. The number of carbonyl (C=O) groups is 2. The zero-order valence-electron chi connectivity index (χ0n) is 11.1. The Morgan fingerprint density at radius 2 is 2.21 bits per heavy atom. The highest BCUT2D eigenvalue weighted by molar-refractivity contribution is 7.10. The van der Waals surface area contributed by atoms with Gasteiger partial charge in [-0.25, -0.2) is 0 Å². The maximum atomic E-state index is 12.0. The summed E-state index contributed by atoms with van der Waals surface area (Å²) in [6, 6.07) is 2.52. The van der Waals surface area contributed by atoms with Crippen LogP contribution in [0.4, 0.5) is 0 Å². The fraction of sp³-hybridized carbons (Fsp3) is 0.538. The minimum Gasteiger partial charge on any atom is -0.481 e. The maximum absolute atomic E-state index is 12.0. The molecule has 1 heterocycles. The summed E-state index contributed by atoms with van der Waals surface area (Å²) in [4.78, 5) is 23.7. The molecule has 0 aromatic carbocycles. The molecule has 3 unspecified atom stereocenters. The lowest BCUT2D eigenvalue weighted by atomic mass is 9.99. The minimum absolute atomic E-state index is 0.0637. The molecule has 0 bridgehead atoms. The van der Waals surface area contributed by atoms with Gasteiger partial charge in [-0.3, -0.25) is 9.59 Å². The number of nitrogens with two attached hydrogens (primary N) is 1. The predicted octanol–water partition coefficient (Wildman–Crippen LogP) is 1.75. The van der Waals surface area contributed by atoms with Crippen molar-refractivity contribution in [3.8, 4) is 0 Å². The highest BCUT2D eigenvalue weighted by Crippen LogP contribution is 2.22. The first kappa shape index (κ1) is 15.7. The van der Waals surface area contributed by atoms with Gasteiger partial charge in [0.2, 0.25) is 5.91 Å². The number of hydrogen-bond donors (Lipinski definition) is 3. The molecule has 3 atom stereocenters. The fourth-order valence-corrected chi connectivity index (χ4v) is 2.45. The van der Waals surface area contributed by atoms with Crippen molar-refractivity contribution in [2.45, 2.75) is 38.8 Å². The maximum Gasteiger partial charge on any atom is 0.305 e. The largest absolute Gasteiger partial charge is 0.481 e. The Balaban J connectivity index is 2.73. The highest BCUT2D eigenvalue weighted by Gasteiger charge is 2.24. The van der Waals surface area contributed by atoms with Gasteiger partial charge >= 0.3 is 5.97 Å². The van der Waals surface area contributed by atoms with Gasteiger partial charge in [0.05, 0.1) is 18.5 Å². The normalized spacial score (nSPS) is 15.5. The Hall–Kier alpha value is -1.40. The smallest absolute Gasteiger partial charge is 0.305 e. The third kappa shape index (κ3) is 4.65. The van der Waals surface area contributed by atoms with Gasteiger partial charge in [0.1, 0.15) is 0 Å². The van der Waals surface area contributed by atoms with E-state index in [9.17, 15) is 9.59 Å². The zero-order valence-corrected chi connectivity index (χ0v) is 11.9. The summed E-state index contributed by atoms with van der Waals surface area (Å²) in [5, 5.41) is 13.5. The van der Waals surface area contributed by atoms with Crippen LogP contribution in [0.2, 0.25) is 0 Å². The van der Waals surface area contributed by atoms with Crippen molar-refractivity contribution in [2.75, 3.05) is 0 Å². The van der Waals surface area contributed by atoms with Gasteiger partial charge in [0.25, 0.3) is 0 Å². The number of amides is 1. The molecule has 0 aliphatic carbocycles. The average Bonchev–Trinajstić information content (AvgIpc) is 2.89. The summed E-state index contributed by atoms with van der Waals surface area (Å²) in [5.41, 5.74) is 5.85. The second-order valence-corrected chi connectivity index (χ2v) is 5.57. The lowest BCUT2D eigenvalue weighted by Crippen LogP contribution is -2.46. The van der Waals surface area contributed by atoms with E-state index < -0.39 is 18.1 Å². The standard InChI is InChI=1S/C13H20N2O3S/c1-3-8(2)12(14)13(18)15-9(7-11(16)17)10-5-4-6-19-10/h4-6,8-9,12H,3,7,14H2,1-2H3,(H,15,18)(H,16,17). The van der Waals surface area contributed by atoms with Crippen LogP contribution in [0.1, 0.15) is 37.6 Å². The van der Waals surface area contributed by atoms with E-state index >= 15 is 0 Å². The van der Waals surface area contributed by atoms with Gasteiger partial charge in [0.15, 0.2) is 0 Å². The lowest BCUT2D eigenvalue weighted by molar-refractivity contribution is -0.137. The molecule has 0 aliphatic heterocycles. The number of carboxylic acid groups (broad SMARTS) is 1. The lowest BCUT2D eigenvalue weighted by Gasteiger charge is -2.22. The first-order chi connectivity index (χ1) is 8.95. The number of hydrogen-bond acceptors (Lipinski definition) is 4. The first-order valence-corrected chi connectivity index (χ1v) is 7.14. The molecule has 0 saturated heterocycles. The molecule has 1 aromatic rings. The topological polar surface area (TPSA) is 92.4 Å². The summed E-state index contributed by atoms with van der Waals surface area (Å²) in [6.07, 6.45) is 0.663. The second kappa shape index (κ2) is 7.25. The van der Waals surface area contributed by atoms with Crippen LogP contribution in [0.3, 0.4) is 0 Å². The Morgan fingerprint density at radius 3 is 2.68 bits per heavy atom. The molecule has 0 saturated carbocycles. The second-order valence-electron chi connectivity index (χ2n) is 4.59. The molecule has 19 heavy (non-hydrogen) atoms. The molecule has 1 amide bonds. The monoisotopic (exact) mass is 284 g/mol. The van der Waals surface area contributed by atoms with Crippen LogP contribution in [0, 0.1) is 5.92 Å². The van der Waals surface area contributed by atoms with Crippen LogP contribution in [0.15, 0.2) is 17.5 Å². The number of aliphatic carboxylic acids is 1. The van der Waals surface area contributed by atoms with Crippen molar-refractivity contribution < 1.29 is 14.7 Å². The van der Waals surface area contributed by atoms with Crippen molar-refractivity contribution in [2.24, 2.45) is 11.7 Å². The zero-order chi connectivity index (χ0) is 14.4. The first-order valence-electron chi connectivity index (χ1n) is 6.26. The molecular formula is C13H20N2O3S. The molecule has 4 N–H and O–H groups in total. The third-order valence-electron chi connectivity index (χ3n) is 3.14. The molecular weight excluding hydrogens is 264 g/mol. The number of thiophene rings is 1. The third-order valence-corrected chi connectivity index (χ3v) is 4.13. The van der Waals surface area contributed by atoms with Crippen molar-refractivity contribution in [3.05, 3.63) is 22.4 Å². The van der Waals surface area contributed by atoms with Crippen molar-refractivity contribution in [1.82, 2.24) is 5.32 Å². The van der Waals surface area contributed by atoms with E-state index in [1.54, 1.807) is 0 Å². The molecule has 5 nitrogen and oxygen atoms in total. The molecule has 0 spiro atoms. The Kier molecular flexibility index (Phi) is 5.98.